The van der Waals surface area contributed by atoms with Gasteiger partial charge in [-0.15, -0.1) is 0 Å². The van der Waals surface area contributed by atoms with E-state index in [1.165, 1.54) is 11.3 Å². The van der Waals surface area contributed by atoms with Crippen LogP contribution in [0.25, 0.3) is 21.0 Å². The number of pyridine rings is 1. The van der Waals surface area contributed by atoms with Crippen molar-refractivity contribution in [2.24, 2.45) is 5.92 Å². The van der Waals surface area contributed by atoms with E-state index in [9.17, 15) is 9.59 Å². The smallest absolute Gasteiger partial charge is 0.313 e. The number of urea groups is 1. The average Bonchev–Trinajstić information content (AvgIpc) is 3.07. The summed E-state index contributed by atoms with van der Waals surface area (Å²) in [5.74, 6) is 0.309. The van der Waals surface area contributed by atoms with Gasteiger partial charge in [0, 0.05) is 23.5 Å². The van der Waals surface area contributed by atoms with Gasteiger partial charge in [-0.25, -0.2) is 9.78 Å². The standard InChI is InChI=1S/C21H20N4O2S/c1-13(2)11-25-12-17(14-7-3-4-8-15(14)19(25)26)22-20(27)24-21-23-16-9-5-6-10-18(16)28-21/h3-10,12-13H,11H2,1-2H3,(H2,22,23,24,27). The fourth-order valence-electron chi connectivity index (χ4n) is 3.15. The monoisotopic (exact) mass is 392 g/mol. The number of hydrogen-bond acceptors (Lipinski definition) is 4. The Hall–Kier alpha value is -3.19. The van der Waals surface area contributed by atoms with E-state index < -0.39 is 0 Å². The number of nitrogens with one attached hydrogen (secondary N) is 2. The summed E-state index contributed by atoms with van der Waals surface area (Å²) in [6.45, 7) is 4.68. The predicted molar refractivity (Wildman–Crippen MR) is 115 cm³/mol. The van der Waals surface area contributed by atoms with Crippen LogP contribution in [0, 0.1) is 5.92 Å². The van der Waals surface area contributed by atoms with E-state index in [0.29, 0.717) is 34.1 Å². The van der Waals surface area contributed by atoms with Crippen molar-refractivity contribution < 1.29 is 4.79 Å². The third-order valence-electron chi connectivity index (χ3n) is 4.32. The predicted octanol–water partition coefficient (Wildman–Crippen LogP) is 4.91. The summed E-state index contributed by atoms with van der Waals surface area (Å²) in [5.41, 5.74) is 1.38. The first-order valence-corrected chi connectivity index (χ1v) is 9.88. The van der Waals surface area contributed by atoms with Crippen molar-refractivity contribution in [3.63, 3.8) is 0 Å². The van der Waals surface area contributed by atoms with E-state index in [1.807, 2.05) is 42.5 Å². The molecule has 2 heterocycles. The molecule has 28 heavy (non-hydrogen) atoms. The molecule has 0 saturated carbocycles. The molecule has 0 radical (unpaired) electrons. The van der Waals surface area contributed by atoms with Crippen LogP contribution in [0.2, 0.25) is 0 Å². The van der Waals surface area contributed by atoms with Gasteiger partial charge in [-0.1, -0.05) is 55.5 Å². The third kappa shape index (κ3) is 3.61. The molecular formula is C21H20N4O2S. The SMILES string of the molecule is CC(C)Cn1cc(NC(=O)Nc2nc3ccccc3s2)c2ccccc2c1=O. The Kier molecular flexibility index (Phi) is 4.83. The van der Waals surface area contributed by atoms with Crippen molar-refractivity contribution in [3.05, 3.63) is 65.1 Å². The maximum Gasteiger partial charge on any atom is 0.325 e. The van der Waals surface area contributed by atoms with E-state index >= 15 is 0 Å². The molecule has 2 amide bonds. The number of thiazole rings is 1. The molecule has 0 fully saturated rings. The minimum Gasteiger partial charge on any atom is -0.313 e. The highest BCUT2D eigenvalue weighted by Crippen LogP contribution is 2.26. The molecule has 2 N–H and O–H groups in total. The lowest BCUT2D eigenvalue weighted by Gasteiger charge is -2.14. The van der Waals surface area contributed by atoms with Crippen LogP contribution >= 0.6 is 11.3 Å². The van der Waals surface area contributed by atoms with E-state index in [2.05, 4.69) is 29.5 Å². The second-order valence-corrected chi connectivity index (χ2v) is 8.04. The maximum absolute atomic E-state index is 12.7. The molecule has 2 aromatic heterocycles. The van der Waals surface area contributed by atoms with Gasteiger partial charge in [0.15, 0.2) is 5.13 Å². The number of benzene rings is 2. The normalized spacial score (nSPS) is 11.2. The van der Waals surface area contributed by atoms with Crippen LogP contribution in [0.4, 0.5) is 15.6 Å². The number of hydrogen-bond donors (Lipinski definition) is 2. The van der Waals surface area contributed by atoms with E-state index in [-0.39, 0.29) is 11.6 Å². The second kappa shape index (κ2) is 7.44. The Bertz CT molecular complexity index is 1190. The zero-order valence-electron chi connectivity index (χ0n) is 15.6. The minimum atomic E-state index is -0.390. The number of amides is 2. The van der Waals surface area contributed by atoms with Gasteiger partial charge in [0.05, 0.1) is 15.9 Å². The van der Waals surface area contributed by atoms with Crippen molar-refractivity contribution in [1.29, 1.82) is 0 Å². The third-order valence-corrected chi connectivity index (χ3v) is 5.27. The van der Waals surface area contributed by atoms with Gasteiger partial charge in [-0.3, -0.25) is 10.1 Å². The summed E-state index contributed by atoms with van der Waals surface area (Å²) >= 11 is 1.42. The van der Waals surface area contributed by atoms with Crippen molar-refractivity contribution >= 4 is 49.2 Å². The number of para-hydroxylation sites is 1. The fraction of sp³-hybridized carbons (Fsp3) is 0.190. The van der Waals surface area contributed by atoms with Gasteiger partial charge in [-0.05, 0) is 24.1 Å². The summed E-state index contributed by atoms with van der Waals surface area (Å²) in [6.07, 6.45) is 1.71. The largest absolute Gasteiger partial charge is 0.325 e. The number of fused-ring (bicyclic) bond motifs is 2. The van der Waals surface area contributed by atoms with E-state index in [4.69, 9.17) is 0 Å². The Morgan fingerprint density at radius 2 is 1.79 bits per heavy atom. The van der Waals surface area contributed by atoms with Gasteiger partial charge >= 0.3 is 6.03 Å². The fourth-order valence-corrected chi connectivity index (χ4v) is 4.01. The number of carbonyl (C=O) groups is 1. The molecule has 0 spiro atoms. The van der Waals surface area contributed by atoms with Crippen LogP contribution in [0.15, 0.2) is 59.5 Å². The maximum atomic E-state index is 12.7. The first kappa shape index (κ1) is 18.2. The highest BCUT2D eigenvalue weighted by molar-refractivity contribution is 7.22. The zero-order chi connectivity index (χ0) is 19.7. The molecule has 0 unspecified atom stereocenters. The molecule has 4 aromatic rings. The van der Waals surface area contributed by atoms with E-state index in [1.54, 1.807) is 16.8 Å². The molecular weight excluding hydrogens is 372 g/mol. The van der Waals surface area contributed by atoms with Gasteiger partial charge in [0.25, 0.3) is 5.56 Å². The summed E-state index contributed by atoms with van der Waals surface area (Å²) < 4.78 is 2.66. The quantitative estimate of drug-likeness (QED) is 0.518. The highest BCUT2D eigenvalue weighted by Gasteiger charge is 2.13. The first-order valence-electron chi connectivity index (χ1n) is 9.07. The first-order chi connectivity index (χ1) is 13.5. The molecule has 0 bridgehead atoms. The number of nitrogens with zero attached hydrogens (tertiary/aromatic N) is 2. The Balaban J connectivity index is 1.65. The zero-order valence-corrected chi connectivity index (χ0v) is 16.4. The molecule has 7 heteroatoms. The van der Waals surface area contributed by atoms with E-state index in [0.717, 1.165) is 10.2 Å². The lowest BCUT2D eigenvalue weighted by molar-refractivity contribution is 0.262. The molecule has 0 atom stereocenters. The van der Waals surface area contributed by atoms with Gasteiger partial charge in [0.2, 0.25) is 0 Å². The number of anilines is 2. The number of carbonyl (C=O) groups excluding carboxylic acids is 1. The molecule has 4 rings (SSSR count). The average molecular weight is 392 g/mol. The van der Waals surface area contributed by atoms with Crippen molar-refractivity contribution in [2.75, 3.05) is 10.6 Å². The molecule has 0 aliphatic carbocycles. The van der Waals surface area contributed by atoms with Crippen molar-refractivity contribution in [2.45, 2.75) is 20.4 Å². The minimum absolute atomic E-state index is 0.0542. The summed E-state index contributed by atoms with van der Waals surface area (Å²) in [6, 6.07) is 14.6. The molecule has 0 saturated heterocycles. The highest BCUT2D eigenvalue weighted by atomic mass is 32.1. The van der Waals surface area contributed by atoms with Gasteiger partial charge < -0.3 is 9.88 Å². The lowest BCUT2D eigenvalue weighted by Crippen LogP contribution is -2.25. The Morgan fingerprint density at radius 1 is 1.07 bits per heavy atom. The second-order valence-electron chi connectivity index (χ2n) is 7.01. The van der Waals surface area contributed by atoms with Crippen LogP contribution in [0.5, 0.6) is 0 Å². The van der Waals surface area contributed by atoms with Crippen molar-refractivity contribution in [3.8, 4) is 0 Å². The molecule has 0 aliphatic rings. The summed E-state index contributed by atoms with van der Waals surface area (Å²) in [4.78, 5) is 29.7. The molecule has 142 valence electrons. The summed E-state index contributed by atoms with van der Waals surface area (Å²) in [7, 11) is 0. The molecule has 6 nitrogen and oxygen atoms in total. The van der Waals surface area contributed by atoms with Crippen LogP contribution < -0.4 is 16.2 Å². The Labute approximate surface area is 165 Å². The Morgan fingerprint density at radius 3 is 2.54 bits per heavy atom. The van der Waals surface area contributed by atoms with Crippen LogP contribution in [-0.2, 0) is 6.54 Å². The molecule has 2 aromatic carbocycles. The van der Waals surface area contributed by atoms with Crippen LogP contribution in [0.3, 0.4) is 0 Å². The number of rotatable bonds is 4. The van der Waals surface area contributed by atoms with Gasteiger partial charge in [0.1, 0.15) is 0 Å². The lowest BCUT2D eigenvalue weighted by atomic mass is 10.1. The summed E-state index contributed by atoms with van der Waals surface area (Å²) in [5, 5.41) is 7.49. The molecule has 0 aliphatic heterocycles. The van der Waals surface area contributed by atoms with Crippen LogP contribution in [-0.4, -0.2) is 15.6 Å². The number of aromatic nitrogens is 2. The van der Waals surface area contributed by atoms with Crippen LogP contribution in [0.1, 0.15) is 13.8 Å². The van der Waals surface area contributed by atoms with Gasteiger partial charge in [-0.2, -0.15) is 0 Å². The topological polar surface area (TPSA) is 76.0 Å². The van der Waals surface area contributed by atoms with Crippen molar-refractivity contribution in [1.82, 2.24) is 9.55 Å².